The van der Waals surface area contributed by atoms with Crippen molar-refractivity contribution in [2.75, 3.05) is 19.8 Å². The van der Waals surface area contributed by atoms with Crippen LogP contribution < -0.4 is 5.32 Å². The van der Waals surface area contributed by atoms with E-state index >= 15 is 0 Å². The maximum atomic E-state index is 11.9. The maximum Gasteiger partial charge on any atom is 0.261 e. The third-order valence-electron chi connectivity index (χ3n) is 3.67. The molecule has 2 N–H and O–H groups in total. The van der Waals surface area contributed by atoms with Gasteiger partial charge in [0.1, 0.15) is 6.61 Å². The molecule has 18 heavy (non-hydrogen) atoms. The molecule has 1 aliphatic carbocycles. The number of aliphatic hydroxyl groups is 1. The van der Waals surface area contributed by atoms with Crippen molar-refractivity contribution in [1.82, 2.24) is 5.32 Å². The fourth-order valence-electron chi connectivity index (χ4n) is 2.98. The van der Waals surface area contributed by atoms with Crippen LogP contribution in [0.3, 0.4) is 0 Å². The van der Waals surface area contributed by atoms with Crippen LogP contribution in [0.2, 0.25) is 0 Å². The van der Waals surface area contributed by atoms with E-state index < -0.39 is 13.0 Å². The predicted molar refractivity (Wildman–Crippen MR) is 66.9 cm³/mol. The first-order valence-corrected chi connectivity index (χ1v) is 6.74. The molecule has 0 amide bonds. The molecule has 0 heterocycles. The topological polar surface area (TPSA) is 41.5 Å². The fourth-order valence-corrected chi connectivity index (χ4v) is 2.98. The first-order chi connectivity index (χ1) is 8.50. The summed E-state index contributed by atoms with van der Waals surface area (Å²) in [5, 5.41) is 13.1. The third-order valence-corrected chi connectivity index (χ3v) is 3.67. The van der Waals surface area contributed by atoms with Gasteiger partial charge in [0, 0.05) is 18.2 Å². The molecule has 0 radical (unpaired) electrons. The van der Waals surface area contributed by atoms with Crippen molar-refractivity contribution >= 4 is 0 Å². The number of halogens is 2. The molecule has 108 valence electrons. The molecule has 0 spiro atoms. The van der Waals surface area contributed by atoms with Crippen LogP contribution in [0.5, 0.6) is 0 Å². The zero-order valence-corrected chi connectivity index (χ0v) is 11.3. The Morgan fingerprint density at radius 2 is 2.17 bits per heavy atom. The first kappa shape index (κ1) is 15.8. The van der Waals surface area contributed by atoms with Gasteiger partial charge in [-0.05, 0) is 25.2 Å². The summed E-state index contributed by atoms with van der Waals surface area (Å²) in [7, 11) is 0. The molecule has 1 aliphatic rings. The molecular formula is C13H25F2NO2. The van der Waals surface area contributed by atoms with Crippen LogP contribution in [0, 0.1) is 5.92 Å². The van der Waals surface area contributed by atoms with Crippen LogP contribution >= 0.6 is 0 Å². The number of nitrogens with one attached hydrogen (secondary N) is 1. The highest BCUT2D eigenvalue weighted by Crippen LogP contribution is 2.38. The van der Waals surface area contributed by atoms with Crippen molar-refractivity contribution in [1.29, 1.82) is 0 Å². The molecule has 2 atom stereocenters. The summed E-state index contributed by atoms with van der Waals surface area (Å²) in [4.78, 5) is 0. The fraction of sp³-hybridized carbons (Fsp3) is 1.00. The van der Waals surface area contributed by atoms with Crippen LogP contribution in [0.25, 0.3) is 0 Å². The van der Waals surface area contributed by atoms with E-state index in [2.05, 4.69) is 19.2 Å². The lowest BCUT2D eigenvalue weighted by atomic mass is 9.85. The summed E-state index contributed by atoms with van der Waals surface area (Å²) in [6.07, 6.45) is 1.37. The third kappa shape index (κ3) is 4.44. The van der Waals surface area contributed by atoms with E-state index in [4.69, 9.17) is 4.74 Å². The van der Waals surface area contributed by atoms with Crippen molar-refractivity contribution in [3.8, 4) is 0 Å². The van der Waals surface area contributed by atoms with E-state index in [-0.39, 0.29) is 12.1 Å². The summed E-state index contributed by atoms with van der Waals surface area (Å²) in [5.74, 6) is 0.308. The van der Waals surface area contributed by atoms with Gasteiger partial charge in [-0.15, -0.1) is 0 Å². The second-order valence-electron chi connectivity index (χ2n) is 5.46. The molecule has 2 unspecified atom stereocenters. The van der Waals surface area contributed by atoms with E-state index in [0.29, 0.717) is 18.6 Å². The molecule has 0 aliphatic heterocycles. The van der Waals surface area contributed by atoms with Gasteiger partial charge in [-0.25, -0.2) is 8.78 Å². The van der Waals surface area contributed by atoms with Crippen molar-refractivity contribution in [3.63, 3.8) is 0 Å². The molecule has 1 saturated carbocycles. The van der Waals surface area contributed by atoms with Crippen molar-refractivity contribution in [2.24, 2.45) is 5.92 Å². The average Bonchev–Trinajstić information content (AvgIpc) is 2.67. The van der Waals surface area contributed by atoms with Crippen LogP contribution in [0.1, 0.15) is 39.5 Å². The Bertz CT molecular complexity index is 239. The zero-order chi connectivity index (χ0) is 13.6. The minimum Gasteiger partial charge on any atom is -0.394 e. The minimum atomic E-state index is -2.40. The summed E-state index contributed by atoms with van der Waals surface area (Å²) >= 11 is 0. The molecular weight excluding hydrogens is 240 g/mol. The zero-order valence-electron chi connectivity index (χ0n) is 11.3. The van der Waals surface area contributed by atoms with Crippen LogP contribution in [0.15, 0.2) is 0 Å². The molecule has 0 aromatic carbocycles. The number of aliphatic hydroxyl groups excluding tert-OH is 1. The Hall–Kier alpha value is -0.260. The van der Waals surface area contributed by atoms with Gasteiger partial charge >= 0.3 is 0 Å². The van der Waals surface area contributed by atoms with E-state index in [9.17, 15) is 13.9 Å². The number of rotatable bonds is 8. The summed E-state index contributed by atoms with van der Waals surface area (Å²) in [5.41, 5.74) is -0.248. The van der Waals surface area contributed by atoms with Gasteiger partial charge in [0.25, 0.3) is 6.43 Å². The molecule has 3 nitrogen and oxygen atoms in total. The first-order valence-electron chi connectivity index (χ1n) is 6.74. The SMILES string of the molecule is CC(C)NC1(CO)CCCC1CCOCC(F)F. The highest BCUT2D eigenvalue weighted by atomic mass is 19.3. The average molecular weight is 265 g/mol. The van der Waals surface area contributed by atoms with E-state index in [1.165, 1.54) is 0 Å². The summed E-state index contributed by atoms with van der Waals surface area (Å²) in [6, 6.07) is 0.305. The van der Waals surface area contributed by atoms with Crippen LogP contribution in [-0.2, 0) is 4.74 Å². The highest BCUT2D eigenvalue weighted by molar-refractivity contribution is 4.99. The Balaban J connectivity index is 2.42. The predicted octanol–water partition coefficient (Wildman–Crippen LogP) is 2.19. The minimum absolute atomic E-state index is 0.102. The number of hydrogen-bond donors (Lipinski definition) is 2. The molecule has 0 aromatic rings. The normalized spacial score (nSPS) is 28.5. The number of alkyl halides is 2. The lowest BCUT2D eigenvalue weighted by Gasteiger charge is -2.37. The second kappa shape index (κ2) is 7.36. The second-order valence-corrected chi connectivity index (χ2v) is 5.46. The van der Waals surface area contributed by atoms with E-state index in [1.54, 1.807) is 0 Å². The van der Waals surface area contributed by atoms with Crippen molar-refractivity contribution < 1.29 is 18.6 Å². The molecule has 0 bridgehead atoms. The van der Waals surface area contributed by atoms with Crippen LogP contribution in [-0.4, -0.2) is 42.9 Å². The van der Waals surface area contributed by atoms with Gasteiger partial charge in [0.2, 0.25) is 0 Å². The molecule has 1 fully saturated rings. The Labute approximate surface area is 108 Å². The van der Waals surface area contributed by atoms with Crippen LogP contribution in [0.4, 0.5) is 8.78 Å². The van der Waals surface area contributed by atoms with Crippen molar-refractivity contribution in [2.45, 2.75) is 57.5 Å². The molecule has 0 aromatic heterocycles. The summed E-state index contributed by atoms with van der Waals surface area (Å²) in [6.45, 7) is 4.07. The molecule has 1 rings (SSSR count). The summed E-state index contributed by atoms with van der Waals surface area (Å²) < 4.78 is 28.8. The standard InChI is InChI=1S/C13H25F2NO2/c1-10(2)16-13(9-17)6-3-4-11(13)5-7-18-8-12(14)15/h10-12,16-17H,3-9H2,1-2H3. The lowest BCUT2D eigenvalue weighted by Crippen LogP contribution is -2.54. The quantitative estimate of drug-likeness (QED) is 0.661. The monoisotopic (exact) mass is 265 g/mol. The Kier molecular flexibility index (Phi) is 6.46. The lowest BCUT2D eigenvalue weighted by molar-refractivity contribution is 0.00645. The van der Waals surface area contributed by atoms with Gasteiger partial charge in [-0.2, -0.15) is 0 Å². The highest BCUT2D eigenvalue weighted by Gasteiger charge is 2.42. The van der Waals surface area contributed by atoms with Gasteiger partial charge in [0.05, 0.1) is 6.61 Å². The molecule has 5 heteroatoms. The largest absolute Gasteiger partial charge is 0.394 e. The van der Waals surface area contributed by atoms with Gasteiger partial charge in [-0.3, -0.25) is 0 Å². The van der Waals surface area contributed by atoms with Gasteiger partial charge in [-0.1, -0.05) is 20.3 Å². The molecule has 0 saturated heterocycles. The Morgan fingerprint density at radius 1 is 1.44 bits per heavy atom. The maximum absolute atomic E-state index is 11.9. The number of hydrogen-bond acceptors (Lipinski definition) is 3. The van der Waals surface area contributed by atoms with E-state index in [1.807, 2.05) is 0 Å². The smallest absolute Gasteiger partial charge is 0.261 e. The van der Waals surface area contributed by atoms with Gasteiger partial charge in [0.15, 0.2) is 0 Å². The number of ether oxygens (including phenoxy) is 1. The van der Waals surface area contributed by atoms with Crippen molar-refractivity contribution in [3.05, 3.63) is 0 Å². The van der Waals surface area contributed by atoms with Gasteiger partial charge < -0.3 is 15.2 Å². The Morgan fingerprint density at radius 3 is 2.72 bits per heavy atom. The van der Waals surface area contributed by atoms with E-state index in [0.717, 1.165) is 25.7 Å².